The number of fused-ring (bicyclic) bond motifs is 1. The van der Waals surface area contributed by atoms with Crippen LogP contribution in [0.5, 0.6) is 0 Å². The van der Waals surface area contributed by atoms with Crippen LogP contribution in [0.2, 0.25) is 0 Å². The molecule has 0 atom stereocenters. The van der Waals surface area contributed by atoms with Crippen LogP contribution in [0.3, 0.4) is 0 Å². The molecule has 0 aliphatic rings. The smallest absolute Gasteiger partial charge is 0.161 e. The highest BCUT2D eigenvalue weighted by atomic mass is 32.1. The van der Waals surface area contributed by atoms with Crippen LogP contribution in [-0.2, 0) is 13.0 Å². The number of hydrogen-bond acceptors (Lipinski definition) is 3. The Morgan fingerprint density at radius 1 is 1.33 bits per heavy atom. The van der Waals surface area contributed by atoms with Gasteiger partial charge in [0.05, 0.1) is 22.6 Å². The minimum atomic E-state index is -0.912. The topological polar surface area (TPSA) is 43.8 Å². The van der Waals surface area contributed by atoms with Crippen LogP contribution in [0.15, 0.2) is 29.6 Å². The van der Waals surface area contributed by atoms with Crippen LogP contribution in [-0.4, -0.2) is 14.5 Å². The fourth-order valence-electron chi connectivity index (χ4n) is 2.21. The molecule has 0 fully saturated rings. The maximum Gasteiger partial charge on any atom is 0.161 e. The molecule has 0 amide bonds. The monoisotopic (exact) mass is 323 g/mol. The molecule has 108 valence electrons. The molecule has 0 radical (unpaired) electrons. The minimum Gasteiger partial charge on any atom is -0.392 e. The molecular weight excluding hydrogens is 312 g/mol. The Balaban J connectivity index is 2.15. The largest absolute Gasteiger partial charge is 0.392 e. The normalized spacial score (nSPS) is 11.1. The summed E-state index contributed by atoms with van der Waals surface area (Å²) in [4.78, 5) is 5.77. The lowest BCUT2D eigenvalue weighted by Gasteiger charge is -2.07. The number of imidazole rings is 1. The average Bonchev–Trinajstić information content (AvgIpc) is 3.01. The van der Waals surface area contributed by atoms with E-state index in [0.717, 1.165) is 17.0 Å². The zero-order valence-electron chi connectivity index (χ0n) is 10.8. The van der Waals surface area contributed by atoms with Gasteiger partial charge in [-0.25, -0.2) is 13.8 Å². The highest BCUT2D eigenvalue weighted by molar-refractivity contribution is 7.80. The standard InChI is InChI=1S/C14H11F2N3S2/c15-9-5-11-12(6-10(9)16)19(7-13(17)20)14(18-11)4-8-2-1-3-21-8/h1-3,5-6H,4,7H2,(H2,17,20). The number of nitrogens with zero attached hydrogens (tertiary/aromatic N) is 2. The maximum absolute atomic E-state index is 13.5. The lowest BCUT2D eigenvalue weighted by Crippen LogP contribution is -2.18. The zero-order chi connectivity index (χ0) is 15.0. The molecule has 0 spiro atoms. The summed E-state index contributed by atoms with van der Waals surface area (Å²) in [6.07, 6.45) is 0.568. The molecule has 3 nitrogen and oxygen atoms in total. The van der Waals surface area contributed by atoms with Gasteiger partial charge in [0.1, 0.15) is 5.82 Å². The van der Waals surface area contributed by atoms with E-state index < -0.39 is 11.6 Å². The highest BCUT2D eigenvalue weighted by Crippen LogP contribution is 2.23. The number of nitrogens with two attached hydrogens (primary N) is 1. The summed E-state index contributed by atoms with van der Waals surface area (Å²) in [5.41, 5.74) is 6.50. The molecule has 7 heteroatoms. The predicted octanol–water partition coefficient (Wildman–Crippen LogP) is 3.25. The Bertz CT molecular complexity index is 809. The van der Waals surface area contributed by atoms with Gasteiger partial charge in [0.25, 0.3) is 0 Å². The van der Waals surface area contributed by atoms with Gasteiger partial charge in [-0.15, -0.1) is 11.3 Å². The molecule has 0 unspecified atom stereocenters. The van der Waals surface area contributed by atoms with E-state index in [1.165, 1.54) is 0 Å². The molecule has 0 saturated carbocycles. The van der Waals surface area contributed by atoms with Gasteiger partial charge in [0.15, 0.2) is 11.6 Å². The second-order valence-electron chi connectivity index (χ2n) is 4.59. The fourth-order valence-corrected chi connectivity index (χ4v) is 3.04. The summed E-state index contributed by atoms with van der Waals surface area (Å²) in [6, 6.07) is 6.16. The number of rotatable bonds is 4. The van der Waals surface area contributed by atoms with E-state index in [4.69, 9.17) is 18.0 Å². The first-order valence-corrected chi connectivity index (χ1v) is 7.48. The zero-order valence-corrected chi connectivity index (χ0v) is 12.5. The molecule has 2 N–H and O–H groups in total. The molecule has 0 bridgehead atoms. The van der Waals surface area contributed by atoms with Crippen molar-refractivity contribution in [3.8, 4) is 0 Å². The van der Waals surface area contributed by atoms with Gasteiger partial charge < -0.3 is 10.3 Å². The lowest BCUT2D eigenvalue weighted by atomic mass is 10.3. The van der Waals surface area contributed by atoms with E-state index in [0.29, 0.717) is 23.3 Å². The van der Waals surface area contributed by atoms with Crippen LogP contribution in [0, 0.1) is 11.6 Å². The van der Waals surface area contributed by atoms with Crippen LogP contribution >= 0.6 is 23.6 Å². The van der Waals surface area contributed by atoms with Crippen molar-refractivity contribution in [2.75, 3.05) is 0 Å². The van der Waals surface area contributed by atoms with Crippen molar-refractivity contribution in [2.45, 2.75) is 13.0 Å². The van der Waals surface area contributed by atoms with E-state index in [-0.39, 0.29) is 11.5 Å². The van der Waals surface area contributed by atoms with Gasteiger partial charge in [-0.05, 0) is 11.4 Å². The van der Waals surface area contributed by atoms with Gasteiger partial charge in [0.2, 0.25) is 0 Å². The van der Waals surface area contributed by atoms with Crippen LogP contribution < -0.4 is 5.73 Å². The molecule has 0 saturated heterocycles. The SMILES string of the molecule is NC(=S)Cn1c(Cc2cccs2)nc2cc(F)c(F)cc21. The number of thiophene rings is 1. The van der Waals surface area contributed by atoms with Gasteiger partial charge in [-0.3, -0.25) is 0 Å². The molecule has 0 aliphatic carbocycles. The lowest BCUT2D eigenvalue weighted by molar-refractivity contribution is 0.510. The summed E-state index contributed by atoms with van der Waals surface area (Å²) in [5, 5.41) is 1.97. The number of halogens is 2. The quantitative estimate of drug-likeness (QED) is 0.750. The Kier molecular flexibility index (Phi) is 3.69. The number of benzene rings is 1. The van der Waals surface area contributed by atoms with Crippen LogP contribution in [0.4, 0.5) is 8.78 Å². The third-order valence-corrected chi connectivity index (χ3v) is 4.10. The first kappa shape index (κ1) is 14.1. The summed E-state index contributed by atoms with van der Waals surface area (Å²) >= 11 is 6.53. The van der Waals surface area contributed by atoms with Crippen LogP contribution in [0.25, 0.3) is 11.0 Å². The van der Waals surface area contributed by atoms with Crippen LogP contribution in [0.1, 0.15) is 10.7 Å². The van der Waals surface area contributed by atoms with Gasteiger partial charge in [-0.2, -0.15) is 0 Å². The maximum atomic E-state index is 13.5. The molecule has 21 heavy (non-hydrogen) atoms. The second-order valence-corrected chi connectivity index (χ2v) is 6.15. The van der Waals surface area contributed by atoms with Crippen molar-refractivity contribution in [1.82, 2.24) is 9.55 Å². The van der Waals surface area contributed by atoms with E-state index in [9.17, 15) is 8.78 Å². The number of hydrogen-bond donors (Lipinski definition) is 1. The summed E-state index contributed by atoms with van der Waals surface area (Å²) in [5.74, 6) is -1.13. The van der Waals surface area contributed by atoms with E-state index in [1.807, 2.05) is 17.5 Å². The van der Waals surface area contributed by atoms with Crippen molar-refractivity contribution >= 4 is 39.6 Å². The van der Waals surface area contributed by atoms with E-state index >= 15 is 0 Å². The summed E-state index contributed by atoms with van der Waals surface area (Å²) in [6.45, 7) is 0.248. The Morgan fingerprint density at radius 3 is 2.76 bits per heavy atom. The van der Waals surface area contributed by atoms with Gasteiger partial charge in [-0.1, -0.05) is 18.3 Å². The Hall–Kier alpha value is -1.86. The third kappa shape index (κ3) is 2.79. The summed E-state index contributed by atoms with van der Waals surface area (Å²) < 4.78 is 28.6. The molecule has 1 aromatic carbocycles. The first-order chi connectivity index (χ1) is 10.0. The molecule has 2 aromatic heterocycles. The number of thiocarbonyl (C=S) groups is 1. The van der Waals surface area contributed by atoms with Gasteiger partial charge in [0, 0.05) is 23.4 Å². The fraction of sp³-hybridized carbons (Fsp3) is 0.143. The number of aromatic nitrogens is 2. The van der Waals surface area contributed by atoms with Crippen molar-refractivity contribution in [3.63, 3.8) is 0 Å². The second kappa shape index (κ2) is 5.50. The van der Waals surface area contributed by atoms with E-state index in [1.54, 1.807) is 15.9 Å². The molecule has 2 heterocycles. The minimum absolute atomic E-state index is 0.248. The molecule has 3 aromatic rings. The highest BCUT2D eigenvalue weighted by Gasteiger charge is 2.15. The molecule has 0 aliphatic heterocycles. The van der Waals surface area contributed by atoms with Crippen molar-refractivity contribution < 1.29 is 8.78 Å². The van der Waals surface area contributed by atoms with Crippen molar-refractivity contribution in [2.24, 2.45) is 5.73 Å². The Morgan fingerprint density at radius 2 is 2.10 bits per heavy atom. The summed E-state index contributed by atoms with van der Waals surface area (Å²) in [7, 11) is 0. The third-order valence-electron chi connectivity index (χ3n) is 3.10. The Labute approximate surface area is 129 Å². The average molecular weight is 323 g/mol. The predicted molar refractivity (Wildman–Crippen MR) is 83.6 cm³/mol. The first-order valence-electron chi connectivity index (χ1n) is 6.19. The van der Waals surface area contributed by atoms with Gasteiger partial charge >= 0.3 is 0 Å². The van der Waals surface area contributed by atoms with Crippen molar-refractivity contribution in [1.29, 1.82) is 0 Å². The molecular formula is C14H11F2N3S2. The van der Waals surface area contributed by atoms with E-state index in [2.05, 4.69) is 4.98 Å². The molecule has 3 rings (SSSR count). The van der Waals surface area contributed by atoms with Crippen molar-refractivity contribution in [3.05, 3.63) is 52.0 Å².